The van der Waals surface area contributed by atoms with Gasteiger partial charge in [0.1, 0.15) is 0 Å². The van der Waals surface area contributed by atoms with Crippen LogP contribution in [0, 0.1) is 0 Å². The second kappa shape index (κ2) is 4.49. The molecule has 2 aromatic rings. The third kappa shape index (κ3) is 2.39. The van der Waals surface area contributed by atoms with Gasteiger partial charge in [-0.15, -0.1) is 0 Å². The van der Waals surface area contributed by atoms with E-state index in [0.717, 1.165) is 5.69 Å². The fourth-order valence-electron chi connectivity index (χ4n) is 1.36. The molecule has 0 radical (unpaired) electrons. The molecule has 3 heteroatoms. The van der Waals surface area contributed by atoms with Gasteiger partial charge in [-0.3, -0.25) is 4.79 Å². The van der Waals surface area contributed by atoms with Gasteiger partial charge in [-0.05, 0) is 48.6 Å². The summed E-state index contributed by atoms with van der Waals surface area (Å²) in [4.78, 5) is 14.7. The van der Waals surface area contributed by atoms with Crippen molar-refractivity contribution in [3.63, 3.8) is 0 Å². The van der Waals surface area contributed by atoms with Crippen molar-refractivity contribution in [3.8, 4) is 0 Å². The second-order valence-corrected chi connectivity index (χ2v) is 3.45. The maximum absolute atomic E-state index is 11.7. The van der Waals surface area contributed by atoms with Crippen LogP contribution in [0.15, 0.2) is 48.7 Å². The summed E-state index contributed by atoms with van der Waals surface area (Å²) in [5.74, 6) is -0.0328. The van der Waals surface area contributed by atoms with Crippen molar-refractivity contribution in [2.45, 2.75) is 0 Å². The number of hydrogen-bond donors (Lipinski definition) is 2. The highest BCUT2D eigenvalue weighted by Gasteiger charge is 2.00. The quantitative estimate of drug-likeness (QED) is 0.466. The molecule has 1 aromatic carbocycles. The predicted octanol–water partition coefficient (Wildman–Crippen LogP) is 2.49. The molecule has 0 aliphatic heterocycles. The van der Waals surface area contributed by atoms with Gasteiger partial charge in [-0.1, -0.05) is 0 Å². The molecule has 0 amide bonds. The van der Waals surface area contributed by atoms with Crippen LogP contribution in [-0.4, -0.2) is 10.8 Å². The van der Waals surface area contributed by atoms with Crippen LogP contribution >= 0.6 is 0 Å². The zero-order valence-corrected chi connectivity index (χ0v) is 8.68. The van der Waals surface area contributed by atoms with Crippen LogP contribution in [0.3, 0.4) is 0 Å². The number of nitrogens with one attached hydrogen (secondary N) is 1. The lowest BCUT2D eigenvalue weighted by Crippen LogP contribution is -1.94. The number of carbonyl (C=O) groups excluding carboxylic acids is 1. The maximum atomic E-state index is 11.7. The molecule has 0 saturated heterocycles. The first-order chi connectivity index (χ1) is 7.75. The number of hydrogen-bond acceptors (Lipinski definition) is 2. The summed E-state index contributed by atoms with van der Waals surface area (Å²) in [6.45, 7) is 0. The highest BCUT2D eigenvalue weighted by Crippen LogP contribution is 2.07. The van der Waals surface area contributed by atoms with Crippen molar-refractivity contribution in [2.24, 2.45) is 0 Å². The number of rotatable bonds is 3. The zero-order chi connectivity index (χ0) is 11.4. The van der Waals surface area contributed by atoms with Crippen LogP contribution < -0.4 is 5.73 Å². The highest BCUT2D eigenvalue weighted by atomic mass is 16.1. The largest absolute Gasteiger partial charge is 0.399 e. The van der Waals surface area contributed by atoms with Gasteiger partial charge in [0.15, 0.2) is 5.78 Å². The normalized spacial score (nSPS) is 10.8. The van der Waals surface area contributed by atoms with Crippen molar-refractivity contribution >= 4 is 17.5 Å². The van der Waals surface area contributed by atoms with E-state index in [1.165, 1.54) is 6.08 Å². The van der Waals surface area contributed by atoms with Crippen LogP contribution in [0.25, 0.3) is 6.08 Å². The topological polar surface area (TPSA) is 58.9 Å². The van der Waals surface area contributed by atoms with E-state index in [1.54, 1.807) is 30.3 Å². The number of nitrogens with two attached hydrogens (primary N) is 1. The van der Waals surface area contributed by atoms with E-state index >= 15 is 0 Å². The monoisotopic (exact) mass is 212 g/mol. The molecule has 1 aromatic heterocycles. The number of carbonyl (C=O) groups is 1. The standard InChI is InChI=1S/C13H12N2O/c14-11-5-3-10(4-6-11)13(16)8-7-12-2-1-9-15-12/h1-9,15H,14H2. The molecule has 80 valence electrons. The van der Waals surface area contributed by atoms with Gasteiger partial charge in [-0.2, -0.15) is 0 Å². The third-order valence-corrected chi connectivity index (χ3v) is 2.23. The number of nitrogen functional groups attached to an aromatic ring is 1. The van der Waals surface area contributed by atoms with Gasteiger partial charge in [0.25, 0.3) is 0 Å². The average Bonchev–Trinajstić information content (AvgIpc) is 2.80. The molecular formula is C13H12N2O. The van der Waals surface area contributed by atoms with Gasteiger partial charge < -0.3 is 10.7 Å². The SMILES string of the molecule is Nc1ccc(C(=O)C=Cc2ccc[nH]2)cc1. The summed E-state index contributed by atoms with van der Waals surface area (Å²) in [5.41, 5.74) is 7.74. The van der Waals surface area contributed by atoms with E-state index in [9.17, 15) is 4.79 Å². The second-order valence-electron chi connectivity index (χ2n) is 3.45. The lowest BCUT2D eigenvalue weighted by Gasteiger charge is -1.96. The van der Waals surface area contributed by atoms with Crippen LogP contribution in [0.5, 0.6) is 0 Å². The highest BCUT2D eigenvalue weighted by molar-refractivity contribution is 6.06. The predicted molar refractivity (Wildman–Crippen MR) is 65.0 cm³/mol. The maximum Gasteiger partial charge on any atom is 0.185 e. The van der Waals surface area contributed by atoms with Crippen molar-refractivity contribution in [1.82, 2.24) is 4.98 Å². The molecule has 3 nitrogen and oxygen atoms in total. The Labute approximate surface area is 93.6 Å². The number of aromatic amines is 1. The number of allylic oxidation sites excluding steroid dienone is 1. The molecule has 0 saturated carbocycles. The Balaban J connectivity index is 2.11. The zero-order valence-electron chi connectivity index (χ0n) is 8.68. The fourth-order valence-corrected chi connectivity index (χ4v) is 1.36. The molecule has 0 aliphatic rings. The van der Waals surface area contributed by atoms with Gasteiger partial charge in [0, 0.05) is 23.1 Å². The van der Waals surface area contributed by atoms with Crippen molar-refractivity contribution in [2.75, 3.05) is 5.73 Å². The van der Waals surface area contributed by atoms with E-state index in [2.05, 4.69) is 4.98 Å². The van der Waals surface area contributed by atoms with Crippen LogP contribution in [0.4, 0.5) is 5.69 Å². The Bertz CT molecular complexity index is 495. The first-order valence-electron chi connectivity index (χ1n) is 4.97. The number of H-pyrrole nitrogens is 1. The number of benzene rings is 1. The van der Waals surface area contributed by atoms with E-state index in [4.69, 9.17) is 5.73 Å². The molecule has 16 heavy (non-hydrogen) atoms. The van der Waals surface area contributed by atoms with E-state index in [-0.39, 0.29) is 5.78 Å². The smallest absolute Gasteiger partial charge is 0.185 e. The first-order valence-corrected chi connectivity index (χ1v) is 4.97. The Morgan fingerprint density at radius 3 is 2.56 bits per heavy atom. The summed E-state index contributed by atoms with van der Waals surface area (Å²) < 4.78 is 0. The number of aromatic nitrogens is 1. The summed E-state index contributed by atoms with van der Waals surface area (Å²) in [6, 6.07) is 10.7. The van der Waals surface area contributed by atoms with Crippen molar-refractivity contribution in [1.29, 1.82) is 0 Å². The van der Waals surface area contributed by atoms with Crippen LogP contribution in [0.1, 0.15) is 16.1 Å². The molecule has 0 spiro atoms. The third-order valence-electron chi connectivity index (χ3n) is 2.23. The minimum absolute atomic E-state index is 0.0328. The Morgan fingerprint density at radius 1 is 1.19 bits per heavy atom. The van der Waals surface area contributed by atoms with Gasteiger partial charge in [0.2, 0.25) is 0 Å². The number of anilines is 1. The fraction of sp³-hybridized carbons (Fsp3) is 0. The Hall–Kier alpha value is -2.29. The molecule has 0 fully saturated rings. The summed E-state index contributed by atoms with van der Waals surface area (Å²) in [6.07, 6.45) is 5.10. The molecule has 1 heterocycles. The summed E-state index contributed by atoms with van der Waals surface area (Å²) >= 11 is 0. The average molecular weight is 212 g/mol. The number of ketones is 1. The summed E-state index contributed by atoms with van der Waals surface area (Å²) in [7, 11) is 0. The lowest BCUT2D eigenvalue weighted by molar-refractivity contribution is 0.104. The Morgan fingerprint density at radius 2 is 1.94 bits per heavy atom. The molecule has 0 bridgehead atoms. The molecule has 0 unspecified atom stereocenters. The van der Waals surface area contributed by atoms with Gasteiger partial charge in [0.05, 0.1) is 0 Å². The lowest BCUT2D eigenvalue weighted by atomic mass is 10.1. The molecule has 0 atom stereocenters. The van der Waals surface area contributed by atoms with Crippen LogP contribution in [0.2, 0.25) is 0 Å². The molecular weight excluding hydrogens is 200 g/mol. The minimum atomic E-state index is -0.0328. The first kappa shape index (κ1) is 10.2. The van der Waals surface area contributed by atoms with Gasteiger partial charge >= 0.3 is 0 Å². The van der Waals surface area contributed by atoms with E-state index < -0.39 is 0 Å². The van der Waals surface area contributed by atoms with Crippen molar-refractivity contribution in [3.05, 3.63) is 59.9 Å². The van der Waals surface area contributed by atoms with Crippen molar-refractivity contribution < 1.29 is 4.79 Å². The van der Waals surface area contributed by atoms with Crippen LogP contribution in [-0.2, 0) is 0 Å². The molecule has 3 N–H and O–H groups in total. The van der Waals surface area contributed by atoms with Gasteiger partial charge in [-0.25, -0.2) is 0 Å². The van der Waals surface area contributed by atoms with E-state index in [1.807, 2.05) is 18.3 Å². The van der Waals surface area contributed by atoms with E-state index in [0.29, 0.717) is 11.3 Å². The molecule has 2 rings (SSSR count). The molecule has 0 aliphatic carbocycles. The minimum Gasteiger partial charge on any atom is -0.399 e. The Kier molecular flexibility index (Phi) is 2.87. The summed E-state index contributed by atoms with van der Waals surface area (Å²) in [5, 5.41) is 0.